The van der Waals surface area contributed by atoms with Gasteiger partial charge in [0, 0.05) is 6.42 Å². The summed E-state index contributed by atoms with van der Waals surface area (Å²) in [4.78, 5) is 10.4. The Kier molecular flexibility index (Phi) is 5.39. The standard InChI is InChI=1S/C16H24O2/c1-11-10-15(14(4)13(3)12(11)2)8-6-5-7-9-16(17)18/h10H,5-9H2,1-4H3,(H,17,18). The summed E-state index contributed by atoms with van der Waals surface area (Å²) >= 11 is 0. The molecule has 1 aromatic rings. The van der Waals surface area contributed by atoms with Crippen molar-refractivity contribution in [2.75, 3.05) is 0 Å². The topological polar surface area (TPSA) is 37.3 Å². The number of carboxylic acids is 1. The first-order valence-corrected chi connectivity index (χ1v) is 6.71. The van der Waals surface area contributed by atoms with Gasteiger partial charge in [-0.1, -0.05) is 12.5 Å². The van der Waals surface area contributed by atoms with Crippen molar-refractivity contribution in [2.24, 2.45) is 0 Å². The highest BCUT2D eigenvalue weighted by Crippen LogP contribution is 2.22. The van der Waals surface area contributed by atoms with E-state index in [0.29, 0.717) is 6.42 Å². The summed E-state index contributed by atoms with van der Waals surface area (Å²) < 4.78 is 0. The summed E-state index contributed by atoms with van der Waals surface area (Å²) in [5.41, 5.74) is 6.97. The number of unbranched alkanes of at least 4 members (excludes halogenated alkanes) is 2. The maximum atomic E-state index is 10.4. The largest absolute Gasteiger partial charge is 0.481 e. The van der Waals surface area contributed by atoms with Gasteiger partial charge in [0.2, 0.25) is 0 Å². The van der Waals surface area contributed by atoms with Crippen LogP contribution in [0.25, 0.3) is 0 Å². The first-order chi connectivity index (χ1) is 8.43. The minimum Gasteiger partial charge on any atom is -0.481 e. The van der Waals surface area contributed by atoms with Crippen LogP contribution in [-0.2, 0) is 11.2 Å². The molecule has 0 saturated heterocycles. The van der Waals surface area contributed by atoms with Crippen LogP contribution in [0, 0.1) is 27.7 Å². The number of hydrogen-bond acceptors (Lipinski definition) is 1. The number of aliphatic carboxylic acids is 1. The molecule has 0 bridgehead atoms. The molecule has 1 N–H and O–H groups in total. The molecule has 0 amide bonds. The Hall–Kier alpha value is -1.31. The highest BCUT2D eigenvalue weighted by Gasteiger charge is 2.07. The van der Waals surface area contributed by atoms with Gasteiger partial charge >= 0.3 is 5.97 Å². The number of aryl methyl sites for hydroxylation is 2. The van der Waals surface area contributed by atoms with Crippen molar-refractivity contribution >= 4 is 5.97 Å². The predicted octanol–water partition coefficient (Wildman–Crippen LogP) is 4.11. The van der Waals surface area contributed by atoms with Gasteiger partial charge in [-0.3, -0.25) is 4.79 Å². The molecule has 0 aromatic heterocycles. The van der Waals surface area contributed by atoms with Crippen LogP contribution in [0.1, 0.15) is 53.5 Å². The van der Waals surface area contributed by atoms with Crippen LogP contribution in [0.5, 0.6) is 0 Å². The van der Waals surface area contributed by atoms with E-state index in [1.165, 1.54) is 27.8 Å². The summed E-state index contributed by atoms with van der Waals surface area (Å²) in [6, 6.07) is 2.29. The minimum atomic E-state index is -0.687. The van der Waals surface area contributed by atoms with Gasteiger partial charge in [-0.2, -0.15) is 0 Å². The summed E-state index contributed by atoms with van der Waals surface area (Å²) in [6.45, 7) is 8.71. The van der Waals surface area contributed by atoms with Gasteiger partial charge < -0.3 is 5.11 Å². The highest BCUT2D eigenvalue weighted by molar-refractivity contribution is 5.66. The van der Waals surface area contributed by atoms with Gasteiger partial charge in [-0.05, 0) is 74.8 Å². The number of hydrogen-bond donors (Lipinski definition) is 1. The van der Waals surface area contributed by atoms with Crippen molar-refractivity contribution in [3.8, 4) is 0 Å². The van der Waals surface area contributed by atoms with E-state index in [-0.39, 0.29) is 0 Å². The van der Waals surface area contributed by atoms with Crippen LogP contribution in [0.15, 0.2) is 6.07 Å². The van der Waals surface area contributed by atoms with Gasteiger partial charge in [0.15, 0.2) is 0 Å². The fourth-order valence-corrected chi connectivity index (χ4v) is 2.32. The Bertz CT molecular complexity index is 433. The average molecular weight is 248 g/mol. The lowest BCUT2D eigenvalue weighted by Gasteiger charge is -2.14. The summed E-state index contributed by atoms with van der Waals surface area (Å²) in [5.74, 6) is -0.687. The molecule has 0 radical (unpaired) electrons. The normalized spacial score (nSPS) is 10.7. The molecule has 0 fully saturated rings. The first-order valence-electron chi connectivity index (χ1n) is 6.71. The van der Waals surface area contributed by atoms with E-state index in [2.05, 4.69) is 33.8 Å². The number of rotatable bonds is 6. The minimum absolute atomic E-state index is 0.297. The molecule has 2 heteroatoms. The maximum absolute atomic E-state index is 10.4. The van der Waals surface area contributed by atoms with Crippen molar-refractivity contribution in [2.45, 2.75) is 59.8 Å². The predicted molar refractivity (Wildman–Crippen MR) is 75.2 cm³/mol. The van der Waals surface area contributed by atoms with Crippen molar-refractivity contribution in [3.63, 3.8) is 0 Å². The first kappa shape index (κ1) is 14.7. The fourth-order valence-electron chi connectivity index (χ4n) is 2.32. The average Bonchev–Trinajstić information content (AvgIpc) is 2.32. The molecule has 0 saturated carbocycles. The Morgan fingerprint density at radius 3 is 2.28 bits per heavy atom. The van der Waals surface area contributed by atoms with Crippen molar-refractivity contribution < 1.29 is 9.90 Å². The Labute approximate surface area is 110 Å². The van der Waals surface area contributed by atoms with Crippen LogP contribution in [-0.4, -0.2) is 11.1 Å². The SMILES string of the molecule is Cc1cc(CCCCCC(=O)O)c(C)c(C)c1C. The summed E-state index contributed by atoms with van der Waals surface area (Å²) in [5, 5.41) is 8.58. The zero-order valence-electron chi connectivity index (χ0n) is 12.0. The number of carboxylic acid groups (broad SMARTS) is 1. The molecule has 0 unspecified atom stereocenters. The van der Waals surface area contributed by atoms with Crippen LogP contribution in [0.3, 0.4) is 0 Å². The molecule has 1 aromatic carbocycles. The van der Waals surface area contributed by atoms with E-state index in [4.69, 9.17) is 5.11 Å². The van der Waals surface area contributed by atoms with Crippen LogP contribution < -0.4 is 0 Å². The van der Waals surface area contributed by atoms with Crippen molar-refractivity contribution in [1.82, 2.24) is 0 Å². The molecule has 2 nitrogen and oxygen atoms in total. The molecular weight excluding hydrogens is 224 g/mol. The molecule has 18 heavy (non-hydrogen) atoms. The van der Waals surface area contributed by atoms with Crippen LogP contribution in [0.2, 0.25) is 0 Å². The molecule has 0 atom stereocenters. The maximum Gasteiger partial charge on any atom is 0.303 e. The molecule has 0 heterocycles. The Morgan fingerprint density at radius 2 is 1.67 bits per heavy atom. The van der Waals surface area contributed by atoms with E-state index in [1.807, 2.05) is 0 Å². The second-order valence-corrected chi connectivity index (χ2v) is 5.18. The van der Waals surface area contributed by atoms with Gasteiger partial charge in [-0.25, -0.2) is 0 Å². The van der Waals surface area contributed by atoms with Gasteiger partial charge in [0.1, 0.15) is 0 Å². The third-order valence-electron chi connectivity index (χ3n) is 3.93. The summed E-state index contributed by atoms with van der Waals surface area (Å²) in [6.07, 6.45) is 4.23. The molecule has 0 spiro atoms. The molecule has 100 valence electrons. The van der Waals surface area contributed by atoms with E-state index >= 15 is 0 Å². The smallest absolute Gasteiger partial charge is 0.303 e. The molecule has 0 aliphatic rings. The lowest BCUT2D eigenvalue weighted by molar-refractivity contribution is -0.137. The Morgan fingerprint density at radius 1 is 1.00 bits per heavy atom. The lowest BCUT2D eigenvalue weighted by Crippen LogP contribution is -1.99. The van der Waals surface area contributed by atoms with E-state index in [1.54, 1.807) is 0 Å². The number of benzene rings is 1. The van der Waals surface area contributed by atoms with E-state index in [0.717, 1.165) is 25.7 Å². The lowest BCUT2D eigenvalue weighted by atomic mass is 9.92. The fraction of sp³-hybridized carbons (Fsp3) is 0.562. The highest BCUT2D eigenvalue weighted by atomic mass is 16.4. The second kappa shape index (κ2) is 6.58. The van der Waals surface area contributed by atoms with Crippen molar-refractivity contribution in [1.29, 1.82) is 0 Å². The van der Waals surface area contributed by atoms with Crippen molar-refractivity contribution in [3.05, 3.63) is 33.9 Å². The third-order valence-corrected chi connectivity index (χ3v) is 3.93. The molecule has 0 aliphatic carbocycles. The van der Waals surface area contributed by atoms with E-state index < -0.39 is 5.97 Å². The zero-order chi connectivity index (χ0) is 13.7. The molecule has 0 aliphatic heterocycles. The van der Waals surface area contributed by atoms with Crippen LogP contribution >= 0.6 is 0 Å². The molecule has 1 rings (SSSR count). The third kappa shape index (κ3) is 3.86. The summed E-state index contributed by atoms with van der Waals surface area (Å²) in [7, 11) is 0. The zero-order valence-corrected chi connectivity index (χ0v) is 12.0. The van der Waals surface area contributed by atoms with Gasteiger partial charge in [-0.15, -0.1) is 0 Å². The Balaban J connectivity index is 2.55. The van der Waals surface area contributed by atoms with Crippen LogP contribution in [0.4, 0.5) is 0 Å². The number of carbonyl (C=O) groups is 1. The molecular formula is C16H24O2. The van der Waals surface area contributed by atoms with Gasteiger partial charge in [0.25, 0.3) is 0 Å². The quantitative estimate of drug-likeness (QED) is 0.769. The van der Waals surface area contributed by atoms with E-state index in [9.17, 15) is 4.79 Å². The second-order valence-electron chi connectivity index (χ2n) is 5.18. The monoisotopic (exact) mass is 248 g/mol. The van der Waals surface area contributed by atoms with Gasteiger partial charge in [0.05, 0.1) is 0 Å².